The van der Waals surface area contributed by atoms with Crippen molar-refractivity contribution in [1.29, 1.82) is 0 Å². The van der Waals surface area contributed by atoms with Crippen molar-refractivity contribution in [3.05, 3.63) is 0 Å². The van der Waals surface area contributed by atoms with E-state index in [1.54, 1.807) is 0 Å². The topological polar surface area (TPSA) is 33.3 Å². The summed E-state index contributed by atoms with van der Waals surface area (Å²) in [5.41, 5.74) is 0.547. The van der Waals surface area contributed by atoms with Crippen molar-refractivity contribution in [2.24, 2.45) is 0 Å². The molecule has 3 nitrogen and oxygen atoms in total. The Kier molecular flexibility index (Phi) is 3.88. The zero-order valence-electron chi connectivity index (χ0n) is 10.8. The van der Waals surface area contributed by atoms with E-state index in [0.29, 0.717) is 5.54 Å². The largest absolute Gasteiger partial charge is 0.380 e. The van der Waals surface area contributed by atoms with E-state index in [2.05, 4.69) is 24.5 Å². The molecule has 2 atom stereocenters. The highest BCUT2D eigenvalue weighted by Crippen LogP contribution is 2.25. The number of hydrogen-bond donors (Lipinski definition) is 2. The molecule has 0 bridgehead atoms. The highest BCUT2D eigenvalue weighted by atomic mass is 16.5. The lowest BCUT2D eigenvalue weighted by atomic mass is 9.90. The molecule has 0 aromatic heterocycles. The predicted molar refractivity (Wildman–Crippen MR) is 66.7 cm³/mol. The third-order valence-electron chi connectivity index (χ3n) is 4.30. The number of nitrogens with one attached hydrogen (secondary N) is 2. The number of ether oxygens (including phenoxy) is 1. The molecule has 2 saturated heterocycles. The Morgan fingerprint density at radius 2 is 2.19 bits per heavy atom. The smallest absolute Gasteiger partial charge is 0.0645 e. The summed E-state index contributed by atoms with van der Waals surface area (Å²) >= 11 is 0. The predicted octanol–water partition coefficient (Wildman–Crippen LogP) is 1.68. The highest BCUT2D eigenvalue weighted by molar-refractivity contribution is 4.97. The van der Waals surface area contributed by atoms with E-state index >= 15 is 0 Å². The van der Waals surface area contributed by atoms with Crippen LogP contribution < -0.4 is 10.6 Å². The quantitative estimate of drug-likeness (QED) is 0.765. The van der Waals surface area contributed by atoms with Gasteiger partial charge in [-0.05, 0) is 45.6 Å². The molecule has 94 valence electrons. The fraction of sp³-hybridized carbons (Fsp3) is 1.00. The van der Waals surface area contributed by atoms with Gasteiger partial charge in [-0.2, -0.15) is 0 Å². The van der Waals surface area contributed by atoms with Crippen LogP contribution in [0.2, 0.25) is 0 Å². The zero-order valence-corrected chi connectivity index (χ0v) is 10.8. The molecular weight excluding hydrogens is 200 g/mol. The van der Waals surface area contributed by atoms with E-state index in [1.807, 2.05) is 0 Å². The average Bonchev–Trinajstić information content (AvgIpc) is 2.77. The Hall–Kier alpha value is -0.120. The van der Waals surface area contributed by atoms with Gasteiger partial charge in [-0.25, -0.2) is 0 Å². The lowest BCUT2D eigenvalue weighted by Gasteiger charge is -2.39. The van der Waals surface area contributed by atoms with Gasteiger partial charge in [0.05, 0.1) is 6.61 Å². The van der Waals surface area contributed by atoms with Crippen LogP contribution in [-0.2, 0) is 4.74 Å². The Morgan fingerprint density at radius 1 is 1.31 bits per heavy atom. The van der Waals surface area contributed by atoms with Crippen molar-refractivity contribution >= 4 is 0 Å². The molecule has 0 saturated carbocycles. The summed E-state index contributed by atoms with van der Waals surface area (Å²) in [6.07, 6.45) is 6.29. The van der Waals surface area contributed by atoms with Gasteiger partial charge in [-0.15, -0.1) is 0 Å². The van der Waals surface area contributed by atoms with Gasteiger partial charge in [0.2, 0.25) is 0 Å². The maximum Gasteiger partial charge on any atom is 0.0645 e. The minimum absolute atomic E-state index is 0.199. The van der Waals surface area contributed by atoms with Gasteiger partial charge in [-0.1, -0.05) is 6.92 Å². The Morgan fingerprint density at radius 3 is 2.75 bits per heavy atom. The second-order valence-electron chi connectivity index (χ2n) is 5.73. The maximum atomic E-state index is 5.58. The lowest BCUT2D eigenvalue weighted by Crippen LogP contribution is -2.57. The van der Waals surface area contributed by atoms with Crippen LogP contribution in [0.15, 0.2) is 0 Å². The zero-order chi connectivity index (χ0) is 11.5. The normalized spacial score (nSPS) is 40.1. The molecule has 0 amide bonds. The van der Waals surface area contributed by atoms with Crippen LogP contribution in [0.4, 0.5) is 0 Å². The van der Waals surface area contributed by atoms with E-state index in [9.17, 15) is 0 Å². The van der Waals surface area contributed by atoms with Crippen LogP contribution in [0.3, 0.4) is 0 Å². The van der Waals surface area contributed by atoms with E-state index < -0.39 is 0 Å². The van der Waals surface area contributed by atoms with Gasteiger partial charge in [0.25, 0.3) is 0 Å². The third-order valence-corrected chi connectivity index (χ3v) is 4.30. The molecule has 2 aliphatic rings. The van der Waals surface area contributed by atoms with Gasteiger partial charge in [-0.3, -0.25) is 0 Å². The molecule has 0 radical (unpaired) electrons. The minimum Gasteiger partial charge on any atom is -0.380 e. The molecule has 2 heterocycles. The summed E-state index contributed by atoms with van der Waals surface area (Å²) in [6, 6.07) is 0. The Balaban J connectivity index is 1.85. The van der Waals surface area contributed by atoms with Gasteiger partial charge in [0, 0.05) is 24.2 Å². The van der Waals surface area contributed by atoms with E-state index in [-0.39, 0.29) is 5.54 Å². The molecule has 16 heavy (non-hydrogen) atoms. The van der Waals surface area contributed by atoms with E-state index in [0.717, 1.165) is 19.8 Å². The average molecular weight is 226 g/mol. The summed E-state index contributed by atoms with van der Waals surface area (Å²) in [5.74, 6) is 0. The van der Waals surface area contributed by atoms with Crippen LogP contribution in [0, 0.1) is 0 Å². The monoisotopic (exact) mass is 226 g/mol. The van der Waals surface area contributed by atoms with E-state index in [1.165, 1.54) is 38.6 Å². The van der Waals surface area contributed by atoms with Crippen molar-refractivity contribution < 1.29 is 4.74 Å². The summed E-state index contributed by atoms with van der Waals surface area (Å²) in [4.78, 5) is 0. The molecule has 3 heteroatoms. The minimum atomic E-state index is 0.199. The third kappa shape index (κ3) is 2.76. The van der Waals surface area contributed by atoms with Crippen LogP contribution in [0.25, 0.3) is 0 Å². The number of rotatable bonds is 4. The van der Waals surface area contributed by atoms with Gasteiger partial charge in [0.15, 0.2) is 0 Å². The first-order valence-electron chi connectivity index (χ1n) is 6.76. The summed E-state index contributed by atoms with van der Waals surface area (Å²) in [7, 11) is 0. The van der Waals surface area contributed by atoms with Crippen LogP contribution in [0.5, 0.6) is 0 Å². The Labute approximate surface area is 99.3 Å². The van der Waals surface area contributed by atoms with Gasteiger partial charge in [0.1, 0.15) is 0 Å². The molecule has 2 fully saturated rings. The standard InChI is InChI=1S/C13H26N2O/c1-3-13(7-4-8-14-13)10-15-12(2)6-5-9-16-11-12/h14-15H,3-11H2,1-2H3. The second kappa shape index (κ2) is 5.03. The van der Waals surface area contributed by atoms with Gasteiger partial charge < -0.3 is 15.4 Å². The van der Waals surface area contributed by atoms with Crippen molar-refractivity contribution in [3.63, 3.8) is 0 Å². The molecular formula is C13H26N2O. The van der Waals surface area contributed by atoms with Crippen LogP contribution in [0.1, 0.15) is 46.0 Å². The lowest BCUT2D eigenvalue weighted by molar-refractivity contribution is 0.0253. The SMILES string of the molecule is CCC1(CNC2(C)CCCOC2)CCCN1. The molecule has 0 aliphatic carbocycles. The Bertz CT molecular complexity index is 218. The summed E-state index contributed by atoms with van der Waals surface area (Å²) in [5, 5.41) is 7.42. The van der Waals surface area contributed by atoms with Crippen molar-refractivity contribution in [3.8, 4) is 0 Å². The first-order valence-corrected chi connectivity index (χ1v) is 6.76. The highest BCUT2D eigenvalue weighted by Gasteiger charge is 2.35. The summed E-state index contributed by atoms with van der Waals surface area (Å²) < 4.78 is 5.58. The number of hydrogen-bond acceptors (Lipinski definition) is 3. The van der Waals surface area contributed by atoms with Crippen LogP contribution in [-0.4, -0.2) is 37.4 Å². The molecule has 0 aromatic carbocycles. The molecule has 0 aromatic rings. The van der Waals surface area contributed by atoms with Crippen molar-refractivity contribution in [2.75, 3.05) is 26.3 Å². The molecule has 2 rings (SSSR count). The molecule has 2 aliphatic heterocycles. The fourth-order valence-corrected chi connectivity index (χ4v) is 2.90. The summed E-state index contributed by atoms with van der Waals surface area (Å²) in [6.45, 7) is 8.66. The van der Waals surface area contributed by atoms with E-state index in [4.69, 9.17) is 4.74 Å². The van der Waals surface area contributed by atoms with Crippen molar-refractivity contribution in [2.45, 2.75) is 57.0 Å². The van der Waals surface area contributed by atoms with Crippen LogP contribution >= 0.6 is 0 Å². The van der Waals surface area contributed by atoms with Crippen molar-refractivity contribution in [1.82, 2.24) is 10.6 Å². The first-order chi connectivity index (χ1) is 7.68. The van der Waals surface area contributed by atoms with Gasteiger partial charge >= 0.3 is 0 Å². The molecule has 2 unspecified atom stereocenters. The maximum absolute atomic E-state index is 5.58. The molecule has 2 N–H and O–H groups in total. The second-order valence-corrected chi connectivity index (χ2v) is 5.73. The first kappa shape index (κ1) is 12.3. The fourth-order valence-electron chi connectivity index (χ4n) is 2.90. The molecule has 0 spiro atoms.